The van der Waals surface area contributed by atoms with Crippen LogP contribution in [0, 0.1) is 35.3 Å². The number of rotatable bonds is 7. The predicted molar refractivity (Wildman–Crippen MR) is 123 cm³/mol. The first-order valence-electron chi connectivity index (χ1n) is 10.8. The molecule has 3 rings (SSSR count). The fraction of sp³-hybridized carbons (Fsp3) is 0.375. The summed E-state index contributed by atoms with van der Waals surface area (Å²) in [5, 5.41) is 20.5. The molecule has 0 unspecified atom stereocenters. The third kappa shape index (κ3) is 5.12. The van der Waals surface area contributed by atoms with E-state index in [-0.39, 0.29) is 11.3 Å². The number of nitrogens with zero attached hydrogens (tertiary/aromatic N) is 4. The first-order valence-corrected chi connectivity index (χ1v) is 10.8. The number of carbonyl (C=O) groups excluding carboxylic acids is 2. The number of nitro benzene ring substituents is 1. The molecule has 9 nitrogen and oxygen atoms in total. The summed E-state index contributed by atoms with van der Waals surface area (Å²) in [5.41, 5.74) is 3.80. The van der Waals surface area contributed by atoms with Crippen LogP contribution in [0.25, 0.3) is 6.08 Å². The van der Waals surface area contributed by atoms with E-state index in [1.165, 1.54) is 23.1 Å². The van der Waals surface area contributed by atoms with Crippen LogP contribution in [0.5, 0.6) is 0 Å². The Morgan fingerprint density at radius 2 is 2.06 bits per heavy atom. The molecule has 33 heavy (non-hydrogen) atoms. The zero-order chi connectivity index (χ0) is 24.1. The second-order valence-electron chi connectivity index (χ2n) is 7.94. The van der Waals surface area contributed by atoms with Gasteiger partial charge in [0.25, 0.3) is 11.6 Å². The second-order valence-corrected chi connectivity index (χ2v) is 7.94. The van der Waals surface area contributed by atoms with Gasteiger partial charge in [-0.15, -0.1) is 0 Å². The summed E-state index contributed by atoms with van der Waals surface area (Å²) in [6.07, 6.45) is 3.71. The van der Waals surface area contributed by atoms with Crippen LogP contribution in [0.4, 0.5) is 11.4 Å². The lowest BCUT2D eigenvalue weighted by Crippen LogP contribution is -2.38. The Hall–Kier alpha value is -3.93. The molecule has 0 fully saturated rings. The summed E-state index contributed by atoms with van der Waals surface area (Å²) in [6, 6.07) is 8.12. The second kappa shape index (κ2) is 10.1. The van der Waals surface area contributed by atoms with E-state index in [0.717, 1.165) is 29.9 Å². The number of amides is 1. The highest BCUT2D eigenvalue weighted by atomic mass is 16.6. The fourth-order valence-electron chi connectivity index (χ4n) is 4.07. The smallest absolute Gasteiger partial charge is 0.349 e. The van der Waals surface area contributed by atoms with Gasteiger partial charge in [-0.25, -0.2) is 4.79 Å². The first kappa shape index (κ1) is 23.7. The maximum atomic E-state index is 12.7. The average molecular weight is 450 g/mol. The monoisotopic (exact) mass is 450 g/mol. The van der Waals surface area contributed by atoms with E-state index >= 15 is 0 Å². The van der Waals surface area contributed by atoms with Gasteiger partial charge in [0.1, 0.15) is 11.6 Å². The van der Waals surface area contributed by atoms with Crippen molar-refractivity contribution in [3.05, 3.63) is 62.5 Å². The van der Waals surface area contributed by atoms with Crippen molar-refractivity contribution in [2.75, 3.05) is 18.1 Å². The number of nitro groups is 1. The highest BCUT2D eigenvalue weighted by Gasteiger charge is 2.25. The number of benzene rings is 1. The third-order valence-corrected chi connectivity index (χ3v) is 5.72. The molecule has 0 radical (unpaired) electrons. The molecule has 1 aromatic carbocycles. The van der Waals surface area contributed by atoms with Gasteiger partial charge in [-0.2, -0.15) is 5.26 Å². The van der Waals surface area contributed by atoms with Crippen LogP contribution < -0.4 is 4.90 Å². The molecule has 1 amide bonds. The van der Waals surface area contributed by atoms with E-state index < -0.39 is 23.4 Å². The Balaban J connectivity index is 1.71. The minimum Gasteiger partial charge on any atom is -0.451 e. The lowest BCUT2D eigenvalue weighted by Gasteiger charge is -2.29. The number of hydrogen-bond donors (Lipinski definition) is 0. The van der Waals surface area contributed by atoms with Crippen molar-refractivity contribution in [2.24, 2.45) is 0 Å². The van der Waals surface area contributed by atoms with Crippen LogP contribution in [-0.2, 0) is 27.3 Å². The number of carbonyl (C=O) groups is 2. The largest absolute Gasteiger partial charge is 0.451 e. The number of esters is 1. The highest BCUT2D eigenvalue weighted by Crippen LogP contribution is 2.30. The highest BCUT2D eigenvalue weighted by molar-refractivity contribution is 6.01. The predicted octanol–water partition coefficient (Wildman–Crippen LogP) is 3.85. The molecule has 9 heteroatoms. The summed E-state index contributed by atoms with van der Waals surface area (Å²) in [4.78, 5) is 37.2. The van der Waals surface area contributed by atoms with Crippen LogP contribution in [0.3, 0.4) is 0 Å². The molecular formula is C24H26N4O5. The Morgan fingerprint density at radius 1 is 1.30 bits per heavy atom. The number of anilines is 1. The minimum absolute atomic E-state index is 0.0309. The number of hydrogen-bond acceptors (Lipinski definition) is 6. The molecular weight excluding hydrogens is 424 g/mol. The molecule has 0 aliphatic carbocycles. The van der Waals surface area contributed by atoms with Gasteiger partial charge in [0, 0.05) is 42.3 Å². The normalized spacial score (nSPS) is 13.3. The molecule has 2 heterocycles. The number of fused-ring (bicyclic) bond motifs is 1. The van der Waals surface area contributed by atoms with Gasteiger partial charge in [-0.05, 0) is 62.4 Å². The van der Waals surface area contributed by atoms with Crippen LogP contribution in [-0.4, -0.2) is 34.5 Å². The molecule has 172 valence electrons. The summed E-state index contributed by atoms with van der Waals surface area (Å²) in [7, 11) is 0. The van der Waals surface area contributed by atoms with E-state index in [1.54, 1.807) is 6.07 Å². The summed E-state index contributed by atoms with van der Waals surface area (Å²) in [5.74, 6) is -1.32. The number of aromatic nitrogens is 1. The van der Waals surface area contributed by atoms with E-state index in [4.69, 9.17) is 4.74 Å². The molecule has 0 saturated carbocycles. The molecule has 2 aromatic rings. The molecule has 1 aromatic heterocycles. The Labute approximate surface area is 192 Å². The lowest BCUT2D eigenvalue weighted by atomic mass is 10.0. The topological polar surface area (TPSA) is 118 Å². The summed E-state index contributed by atoms with van der Waals surface area (Å²) in [6.45, 7) is 6.71. The molecule has 1 aliphatic rings. The SMILES string of the molecule is CCCn1c(C)cc(/C=C(\C#N)C(=O)OCC(=O)N2CCCc3cc([N+](=O)[O-])ccc32)c1C. The standard InChI is InChI=1S/C24H26N4O5/c1-4-9-26-16(2)11-19(17(26)3)12-20(14-25)24(30)33-15-23(29)27-10-5-6-18-13-21(28(31)32)7-8-22(18)27/h7-8,11-13H,4-6,9-10,15H2,1-3H3/b20-12+. The minimum atomic E-state index is -0.868. The molecule has 1 aliphatic heterocycles. The van der Waals surface area contributed by atoms with E-state index in [2.05, 4.69) is 11.5 Å². The van der Waals surface area contributed by atoms with Crippen molar-refractivity contribution in [3.8, 4) is 6.07 Å². The van der Waals surface area contributed by atoms with Crippen LogP contribution in [0.15, 0.2) is 29.8 Å². The van der Waals surface area contributed by atoms with Crippen molar-refractivity contribution in [2.45, 2.75) is 46.6 Å². The lowest BCUT2D eigenvalue weighted by molar-refractivity contribution is -0.384. The Bertz CT molecular complexity index is 1170. The van der Waals surface area contributed by atoms with Gasteiger partial charge < -0.3 is 14.2 Å². The van der Waals surface area contributed by atoms with Crippen molar-refractivity contribution >= 4 is 29.3 Å². The van der Waals surface area contributed by atoms with Gasteiger partial charge in [-0.3, -0.25) is 14.9 Å². The maximum Gasteiger partial charge on any atom is 0.349 e. The third-order valence-electron chi connectivity index (χ3n) is 5.72. The van der Waals surface area contributed by atoms with Crippen molar-refractivity contribution in [3.63, 3.8) is 0 Å². The van der Waals surface area contributed by atoms with Crippen LogP contribution in [0.1, 0.15) is 42.3 Å². The fourth-order valence-corrected chi connectivity index (χ4v) is 4.07. The van der Waals surface area contributed by atoms with Gasteiger partial charge >= 0.3 is 5.97 Å². The maximum absolute atomic E-state index is 12.7. The summed E-state index contributed by atoms with van der Waals surface area (Å²) < 4.78 is 7.27. The van der Waals surface area contributed by atoms with Gasteiger partial charge in [0.2, 0.25) is 0 Å². The van der Waals surface area contributed by atoms with Crippen LogP contribution in [0.2, 0.25) is 0 Å². The number of ether oxygens (including phenoxy) is 1. The Morgan fingerprint density at radius 3 is 2.73 bits per heavy atom. The summed E-state index contributed by atoms with van der Waals surface area (Å²) >= 11 is 0. The van der Waals surface area contributed by atoms with Gasteiger partial charge in [0.15, 0.2) is 6.61 Å². The van der Waals surface area contributed by atoms with Crippen LogP contribution >= 0.6 is 0 Å². The van der Waals surface area contributed by atoms with E-state index in [1.807, 2.05) is 26.0 Å². The average Bonchev–Trinajstić information content (AvgIpc) is 3.07. The van der Waals surface area contributed by atoms with E-state index in [0.29, 0.717) is 30.6 Å². The van der Waals surface area contributed by atoms with E-state index in [9.17, 15) is 25.0 Å². The zero-order valence-electron chi connectivity index (χ0n) is 19.0. The Kier molecular flexibility index (Phi) is 7.28. The quantitative estimate of drug-likeness (QED) is 0.208. The molecule has 0 atom stereocenters. The van der Waals surface area contributed by atoms with Crippen molar-refractivity contribution < 1.29 is 19.2 Å². The van der Waals surface area contributed by atoms with Crippen molar-refractivity contribution in [1.82, 2.24) is 4.57 Å². The van der Waals surface area contributed by atoms with Gasteiger partial charge in [-0.1, -0.05) is 6.92 Å². The molecule has 0 spiro atoms. The molecule has 0 bridgehead atoms. The molecule has 0 saturated heterocycles. The number of nitriles is 1. The van der Waals surface area contributed by atoms with Crippen molar-refractivity contribution in [1.29, 1.82) is 5.26 Å². The number of non-ortho nitro benzene ring substituents is 1. The van der Waals surface area contributed by atoms with Gasteiger partial charge in [0.05, 0.1) is 4.92 Å². The molecule has 0 N–H and O–H groups in total. The number of aryl methyl sites for hydroxylation is 2. The first-order chi connectivity index (χ1) is 15.8. The zero-order valence-corrected chi connectivity index (χ0v) is 19.0.